The third-order valence-electron chi connectivity index (χ3n) is 3.66. The predicted octanol–water partition coefficient (Wildman–Crippen LogP) is 1.15. The lowest BCUT2D eigenvalue weighted by molar-refractivity contribution is -0.160. The minimum Gasteiger partial charge on any atom is -0.393 e. The second kappa shape index (κ2) is 5.12. The molecule has 1 N–H and O–H groups in total. The van der Waals surface area contributed by atoms with Crippen molar-refractivity contribution in [1.29, 1.82) is 0 Å². The van der Waals surface area contributed by atoms with Gasteiger partial charge in [-0.15, -0.1) is 11.6 Å². The Morgan fingerprint density at radius 3 is 3.06 bits per heavy atom. The summed E-state index contributed by atoms with van der Waals surface area (Å²) in [5.41, 5.74) is -0.336. The Morgan fingerprint density at radius 1 is 1.65 bits per heavy atom. The topological polar surface area (TPSA) is 49.8 Å². The zero-order valence-electron chi connectivity index (χ0n) is 10.2. The minimum absolute atomic E-state index is 0.0330. The van der Waals surface area contributed by atoms with Crippen LogP contribution in [0.15, 0.2) is 0 Å². The van der Waals surface area contributed by atoms with Crippen LogP contribution in [0.1, 0.15) is 32.6 Å². The maximum atomic E-state index is 11.9. The number of likely N-dealkylation sites (tertiary alicyclic amines) is 1. The summed E-state index contributed by atoms with van der Waals surface area (Å²) in [5.74, 6) is -0.0330. The van der Waals surface area contributed by atoms with Gasteiger partial charge in [0.05, 0.1) is 11.7 Å². The van der Waals surface area contributed by atoms with Crippen LogP contribution in [0.3, 0.4) is 0 Å². The Kier molecular flexibility index (Phi) is 3.95. The average molecular weight is 262 g/mol. The van der Waals surface area contributed by atoms with Crippen LogP contribution in [-0.2, 0) is 9.53 Å². The number of nitrogens with zero attached hydrogens (tertiary/aromatic N) is 1. The van der Waals surface area contributed by atoms with Crippen LogP contribution >= 0.6 is 11.6 Å². The summed E-state index contributed by atoms with van der Waals surface area (Å²) in [5, 5.41) is 9.26. The van der Waals surface area contributed by atoms with Crippen molar-refractivity contribution in [3.8, 4) is 0 Å². The summed E-state index contributed by atoms with van der Waals surface area (Å²) in [6.07, 6.45) is 2.87. The molecule has 98 valence electrons. The van der Waals surface area contributed by atoms with Gasteiger partial charge in [0.1, 0.15) is 5.38 Å². The van der Waals surface area contributed by atoms with E-state index in [4.69, 9.17) is 16.3 Å². The van der Waals surface area contributed by atoms with Crippen LogP contribution < -0.4 is 0 Å². The van der Waals surface area contributed by atoms with Gasteiger partial charge in [0.15, 0.2) is 0 Å². The van der Waals surface area contributed by atoms with E-state index < -0.39 is 5.38 Å². The maximum absolute atomic E-state index is 11.9. The first-order valence-electron chi connectivity index (χ1n) is 6.27. The van der Waals surface area contributed by atoms with Crippen LogP contribution in [0.4, 0.5) is 0 Å². The highest BCUT2D eigenvalue weighted by Gasteiger charge is 2.42. The van der Waals surface area contributed by atoms with Gasteiger partial charge in [-0.25, -0.2) is 0 Å². The molecule has 2 heterocycles. The normalized spacial score (nSPS) is 35.9. The van der Waals surface area contributed by atoms with Gasteiger partial charge in [0.25, 0.3) is 0 Å². The number of alkyl halides is 1. The van der Waals surface area contributed by atoms with E-state index in [-0.39, 0.29) is 17.6 Å². The summed E-state index contributed by atoms with van der Waals surface area (Å²) in [4.78, 5) is 13.7. The van der Waals surface area contributed by atoms with Gasteiger partial charge in [0, 0.05) is 26.1 Å². The van der Waals surface area contributed by atoms with E-state index in [9.17, 15) is 9.90 Å². The molecule has 1 spiro atoms. The number of hydrogen-bond acceptors (Lipinski definition) is 3. The summed E-state index contributed by atoms with van der Waals surface area (Å²) in [6.45, 7) is 3.60. The van der Waals surface area contributed by atoms with Crippen LogP contribution in [0.2, 0.25) is 0 Å². The number of ether oxygens (including phenoxy) is 1. The molecule has 5 heteroatoms. The molecule has 3 atom stereocenters. The first-order chi connectivity index (χ1) is 8.02. The van der Waals surface area contributed by atoms with Crippen molar-refractivity contribution >= 4 is 17.5 Å². The molecule has 2 saturated heterocycles. The zero-order valence-corrected chi connectivity index (χ0v) is 10.9. The van der Waals surface area contributed by atoms with Crippen molar-refractivity contribution in [2.75, 3.05) is 19.7 Å². The quantitative estimate of drug-likeness (QED) is 0.721. The van der Waals surface area contributed by atoms with Gasteiger partial charge >= 0.3 is 0 Å². The molecular weight excluding hydrogens is 242 g/mol. The molecule has 0 aromatic heterocycles. The molecule has 0 aliphatic carbocycles. The molecule has 0 saturated carbocycles. The Morgan fingerprint density at radius 2 is 2.41 bits per heavy atom. The summed E-state index contributed by atoms with van der Waals surface area (Å²) in [7, 11) is 0. The smallest absolute Gasteiger partial charge is 0.240 e. The van der Waals surface area contributed by atoms with Crippen molar-refractivity contribution < 1.29 is 14.6 Å². The van der Waals surface area contributed by atoms with E-state index in [0.717, 1.165) is 19.4 Å². The van der Waals surface area contributed by atoms with Crippen molar-refractivity contribution in [3.05, 3.63) is 0 Å². The van der Waals surface area contributed by atoms with Crippen LogP contribution in [0, 0.1) is 0 Å². The fourth-order valence-electron chi connectivity index (χ4n) is 2.82. The monoisotopic (exact) mass is 261 g/mol. The SMILES string of the molecule is C[C@H](Cl)C(=O)N1CCC[C@@]2(C[C@@H](O)CCO2)C1. The number of aliphatic hydroxyl groups excluding tert-OH is 1. The van der Waals surface area contributed by atoms with Crippen LogP contribution in [0.5, 0.6) is 0 Å². The molecular formula is C12H20ClNO3. The molecule has 2 fully saturated rings. The lowest BCUT2D eigenvalue weighted by Gasteiger charge is -2.46. The largest absolute Gasteiger partial charge is 0.393 e. The van der Waals surface area contributed by atoms with Crippen LogP contribution in [0.25, 0.3) is 0 Å². The predicted molar refractivity (Wildman–Crippen MR) is 65.1 cm³/mol. The molecule has 0 aromatic carbocycles. The fraction of sp³-hybridized carbons (Fsp3) is 0.917. The van der Waals surface area contributed by atoms with Gasteiger partial charge in [-0.05, 0) is 26.2 Å². The van der Waals surface area contributed by atoms with E-state index in [1.54, 1.807) is 11.8 Å². The van der Waals surface area contributed by atoms with Gasteiger partial charge in [-0.2, -0.15) is 0 Å². The third-order valence-corrected chi connectivity index (χ3v) is 3.85. The number of rotatable bonds is 1. The Labute approximate surface area is 107 Å². The third kappa shape index (κ3) is 2.92. The molecule has 2 aliphatic heterocycles. The van der Waals surface area contributed by atoms with Gasteiger partial charge in [-0.3, -0.25) is 4.79 Å². The Balaban J connectivity index is 2.03. The van der Waals surface area contributed by atoms with Crippen molar-refractivity contribution in [2.45, 2.75) is 49.7 Å². The number of aliphatic hydroxyl groups is 1. The van der Waals surface area contributed by atoms with E-state index in [0.29, 0.717) is 26.0 Å². The summed E-state index contributed by atoms with van der Waals surface area (Å²) in [6, 6.07) is 0. The number of carbonyl (C=O) groups excluding carboxylic acids is 1. The van der Waals surface area contributed by atoms with Crippen molar-refractivity contribution in [2.24, 2.45) is 0 Å². The highest BCUT2D eigenvalue weighted by Crippen LogP contribution is 2.34. The van der Waals surface area contributed by atoms with E-state index in [1.165, 1.54) is 0 Å². The van der Waals surface area contributed by atoms with Crippen molar-refractivity contribution in [3.63, 3.8) is 0 Å². The second-order valence-corrected chi connectivity index (χ2v) is 5.81. The standard InChI is InChI=1S/C12H20ClNO3/c1-9(13)11(16)14-5-2-4-12(8-14)7-10(15)3-6-17-12/h9-10,15H,2-8H2,1H3/t9-,10-,12+/m0/s1. The average Bonchev–Trinajstić information content (AvgIpc) is 2.27. The molecule has 2 aliphatic rings. The van der Waals surface area contributed by atoms with Gasteiger partial charge in [0.2, 0.25) is 5.91 Å². The Bertz CT molecular complexity index is 293. The summed E-state index contributed by atoms with van der Waals surface area (Å²) < 4.78 is 5.84. The van der Waals surface area contributed by atoms with E-state index in [1.807, 2.05) is 0 Å². The first kappa shape index (κ1) is 13.1. The molecule has 0 unspecified atom stereocenters. The lowest BCUT2D eigenvalue weighted by atomic mass is 9.84. The second-order valence-electron chi connectivity index (χ2n) is 5.16. The minimum atomic E-state index is -0.487. The fourth-order valence-corrected chi connectivity index (χ4v) is 2.96. The molecule has 0 aromatic rings. The Hall–Kier alpha value is -0.320. The van der Waals surface area contributed by atoms with Gasteiger partial charge < -0.3 is 14.7 Å². The first-order valence-corrected chi connectivity index (χ1v) is 6.71. The molecule has 2 rings (SSSR count). The van der Waals surface area contributed by atoms with Gasteiger partial charge in [-0.1, -0.05) is 0 Å². The number of carbonyl (C=O) groups is 1. The number of hydrogen-bond donors (Lipinski definition) is 1. The molecule has 1 amide bonds. The van der Waals surface area contributed by atoms with Crippen molar-refractivity contribution in [1.82, 2.24) is 4.90 Å². The lowest BCUT2D eigenvalue weighted by Crippen LogP contribution is -2.56. The highest BCUT2D eigenvalue weighted by molar-refractivity contribution is 6.30. The van der Waals surface area contributed by atoms with Crippen LogP contribution in [-0.4, -0.2) is 52.7 Å². The highest BCUT2D eigenvalue weighted by atomic mass is 35.5. The number of piperidine rings is 1. The molecule has 4 nitrogen and oxygen atoms in total. The number of amides is 1. The molecule has 0 radical (unpaired) electrons. The van der Waals surface area contributed by atoms with E-state index >= 15 is 0 Å². The number of halogens is 1. The summed E-state index contributed by atoms with van der Waals surface area (Å²) >= 11 is 5.84. The van der Waals surface area contributed by atoms with E-state index in [2.05, 4.69) is 0 Å². The molecule has 17 heavy (non-hydrogen) atoms. The molecule has 0 bridgehead atoms. The maximum Gasteiger partial charge on any atom is 0.240 e. The zero-order chi connectivity index (χ0) is 12.5.